The zero-order chi connectivity index (χ0) is 11.0. The molecule has 0 heterocycles. The van der Waals surface area contributed by atoms with E-state index in [-0.39, 0.29) is 18.7 Å². The maximum absolute atomic E-state index is 11.4. The predicted molar refractivity (Wildman–Crippen MR) is 51.0 cm³/mol. The molecule has 5 heteroatoms. The van der Waals surface area contributed by atoms with Crippen LogP contribution in [0.2, 0.25) is 0 Å². The van der Waals surface area contributed by atoms with Gasteiger partial charge in [0.2, 0.25) is 5.91 Å². The maximum atomic E-state index is 11.4. The van der Waals surface area contributed by atoms with E-state index < -0.39 is 5.97 Å². The van der Waals surface area contributed by atoms with Gasteiger partial charge in [-0.15, -0.1) is 0 Å². The van der Waals surface area contributed by atoms with Crippen molar-refractivity contribution < 1.29 is 19.4 Å². The average Bonchev–Trinajstić information content (AvgIpc) is 2.16. The lowest BCUT2D eigenvalue weighted by atomic mass is 10.3. The molecule has 0 aromatic carbocycles. The van der Waals surface area contributed by atoms with Gasteiger partial charge in [0.15, 0.2) is 0 Å². The molecule has 0 atom stereocenters. The van der Waals surface area contributed by atoms with Gasteiger partial charge in [-0.25, -0.2) is 0 Å². The van der Waals surface area contributed by atoms with Crippen molar-refractivity contribution in [3.8, 4) is 0 Å². The largest absolute Gasteiger partial charge is 0.481 e. The molecule has 0 spiro atoms. The van der Waals surface area contributed by atoms with Crippen LogP contribution in [0.5, 0.6) is 0 Å². The Morgan fingerprint density at radius 1 is 1.36 bits per heavy atom. The van der Waals surface area contributed by atoms with Gasteiger partial charge in [0.1, 0.15) is 0 Å². The maximum Gasteiger partial charge on any atom is 0.303 e. The van der Waals surface area contributed by atoms with E-state index in [0.29, 0.717) is 19.7 Å². The molecule has 5 nitrogen and oxygen atoms in total. The first-order valence-corrected chi connectivity index (χ1v) is 4.60. The fourth-order valence-electron chi connectivity index (χ4n) is 1.03. The van der Waals surface area contributed by atoms with Gasteiger partial charge in [0, 0.05) is 26.6 Å². The molecule has 0 aliphatic carbocycles. The number of ether oxygens (including phenoxy) is 1. The highest BCUT2D eigenvalue weighted by Crippen LogP contribution is 1.97. The summed E-state index contributed by atoms with van der Waals surface area (Å²) in [5.74, 6) is -1.08. The Bertz CT molecular complexity index is 193. The van der Waals surface area contributed by atoms with Crippen molar-refractivity contribution in [1.82, 2.24) is 4.90 Å². The van der Waals surface area contributed by atoms with E-state index in [1.165, 1.54) is 0 Å². The molecule has 0 bridgehead atoms. The molecule has 0 rings (SSSR count). The number of methoxy groups -OCH3 is 1. The van der Waals surface area contributed by atoms with Crippen molar-refractivity contribution >= 4 is 11.9 Å². The lowest BCUT2D eigenvalue weighted by molar-refractivity contribution is -0.141. The van der Waals surface area contributed by atoms with Gasteiger partial charge in [-0.05, 0) is 6.92 Å². The van der Waals surface area contributed by atoms with Crippen LogP contribution in [0.15, 0.2) is 0 Å². The lowest BCUT2D eigenvalue weighted by Gasteiger charge is -2.19. The minimum atomic E-state index is -0.943. The third-order valence-electron chi connectivity index (χ3n) is 1.85. The van der Waals surface area contributed by atoms with E-state index in [4.69, 9.17) is 9.84 Å². The van der Waals surface area contributed by atoms with Crippen LogP contribution in [-0.4, -0.2) is 48.7 Å². The third-order valence-corrected chi connectivity index (χ3v) is 1.85. The SMILES string of the molecule is CCN(CCOC)C(=O)CCC(=O)O. The van der Waals surface area contributed by atoms with Crippen LogP contribution in [0.3, 0.4) is 0 Å². The summed E-state index contributed by atoms with van der Waals surface area (Å²) in [5, 5.41) is 8.40. The summed E-state index contributed by atoms with van der Waals surface area (Å²) in [6, 6.07) is 0. The van der Waals surface area contributed by atoms with E-state index in [2.05, 4.69) is 0 Å². The highest BCUT2D eigenvalue weighted by atomic mass is 16.5. The Labute approximate surface area is 83.6 Å². The lowest BCUT2D eigenvalue weighted by Crippen LogP contribution is -2.33. The van der Waals surface area contributed by atoms with Crippen LogP contribution in [-0.2, 0) is 14.3 Å². The van der Waals surface area contributed by atoms with Crippen molar-refractivity contribution in [3.63, 3.8) is 0 Å². The highest BCUT2D eigenvalue weighted by molar-refractivity contribution is 5.80. The average molecular weight is 203 g/mol. The van der Waals surface area contributed by atoms with Gasteiger partial charge in [-0.1, -0.05) is 0 Å². The number of amides is 1. The van der Waals surface area contributed by atoms with Gasteiger partial charge in [0.25, 0.3) is 0 Å². The first kappa shape index (κ1) is 12.9. The zero-order valence-electron chi connectivity index (χ0n) is 8.65. The van der Waals surface area contributed by atoms with Crippen molar-refractivity contribution in [2.24, 2.45) is 0 Å². The van der Waals surface area contributed by atoms with Crippen LogP contribution < -0.4 is 0 Å². The number of likely N-dealkylation sites (N-methyl/N-ethyl adjacent to an activating group) is 1. The van der Waals surface area contributed by atoms with Gasteiger partial charge >= 0.3 is 5.97 Å². The van der Waals surface area contributed by atoms with E-state index >= 15 is 0 Å². The van der Waals surface area contributed by atoms with Crippen molar-refractivity contribution in [2.75, 3.05) is 26.8 Å². The molecule has 0 radical (unpaired) electrons. The minimum absolute atomic E-state index is 0.0624. The number of hydrogen-bond acceptors (Lipinski definition) is 3. The van der Waals surface area contributed by atoms with E-state index in [1.807, 2.05) is 6.92 Å². The number of carboxylic acids is 1. The summed E-state index contributed by atoms with van der Waals surface area (Å²) in [7, 11) is 1.57. The van der Waals surface area contributed by atoms with Crippen LogP contribution in [0.25, 0.3) is 0 Å². The topological polar surface area (TPSA) is 66.8 Å². The number of aliphatic carboxylic acids is 1. The molecule has 1 amide bonds. The third kappa shape index (κ3) is 5.53. The Morgan fingerprint density at radius 3 is 2.43 bits per heavy atom. The summed E-state index contributed by atoms with van der Waals surface area (Å²) in [6.07, 6.45) is -0.0464. The molecule has 0 saturated heterocycles. The fourth-order valence-corrected chi connectivity index (χ4v) is 1.03. The van der Waals surface area contributed by atoms with Crippen molar-refractivity contribution in [2.45, 2.75) is 19.8 Å². The molecular formula is C9H17NO4. The summed E-state index contributed by atoms with van der Waals surface area (Å²) < 4.78 is 4.84. The second-order valence-electron chi connectivity index (χ2n) is 2.86. The molecule has 14 heavy (non-hydrogen) atoms. The number of carboxylic acid groups (broad SMARTS) is 1. The van der Waals surface area contributed by atoms with E-state index in [1.54, 1.807) is 12.0 Å². The normalized spacial score (nSPS) is 9.86. The molecule has 0 unspecified atom stereocenters. The molecule has 1 N–H and O–H groups in total. The summed E-state index contributed by atoms with van der Waals surface area (Å²) in [4.78, 5) is 23.2. The van der Waals surface area contributed by atoms with Gasteiger partial charge in [-0.2, -0.15) is 0 Å². The van der Waals surface area contributed by atoms with Gasteiger partial charge < -0.3 is 14.7 Å². The molecule has 0 aromatic heterocycles. The molecule has 0 aliphatic rings. The number of carbonyl (C=O) groups excluding carboxylic acids is 1. The number of rotatable bonds is 7. The number of carbonyl (C=O) groups is 2. The Morgan fingerprint density at radius 2 is 2.00 bits per heavy atom. The van der Waals surface area contributed by atoms with Crippen molar-refractivity contribution in [3.05, 3.63) is 0 Å². The van der Waals surface area contributed by atoms with Crippen LogP contribution >= 0.6 is 0 Å². The summed E-state index contributed by atoms with van der Waals surface area (Å²) >= 11 is 0. The van der Waals surface area contributed by atoms with Gasteiger partial charge in [0.05, 0.1) is 13.0 Å². The quantitative estimate of drug-likeness (QED) is 0.648. The molecule has 0 saturated carbocycles. The summed E-state index contributed by atoms with van der Waals surface area (Å²) in [6.45, 7) is 3.44. The Balaban J connectivity index is 3.85. The fraction of sp³-hybridized carbons (Fsp3) is 0.778. The standard InChI is InChI=1S/C9H17NO4/c1-3-10(6-7-14-2)8(11)4-5-9(12)13/h3-7H2,1-2H3,(H,12,13). The zero-order valence-corrected chi connectivity index (χ0v) is 8.65. The van der Waals surface area contributed by atoms with E-state index in [9.17, 15) is 9.59 Å². The van der Waals surface area contributed by atoms with E-state index in [0.717, 1.165) is 0 Å². The molecule has 0 fully saturated rings. The molecular weight excluding hydrogens is 186 g/mol. The molecule has 0 aromatic rings. The van der Waals surface area contributed by atoms with Crippen LogP contribution in [0, 0.1) is 0 Å². The number of hydrogen-bond donors (Lipinski definition) is 1. The first-order chi connectivity index (χ1) is 6.61. The van der Waals surface area contributed by atoms with Crippen molar-refractivity contribution in [1.29, 1.82) is 0 Å². The van der Waals surface area contributed by atoms with Crippen LogP contribution in [0.4, 0.5) is 0 Å². The van der Waals surface area contributed by atoms with Crippen LogP contribution in [0.1, 0.15) is 19.8 Å². The Kier molecular flexibility index (Phi) is 6.74. The predicted octanol–water partition coefficient (Wildman–Crippen LogP) is 0.346. The highest BCUT2D eigenvalue weighted by Gasteiger charge is 2.12. The minimum Gasteiger partial charge on any atom is -0.481 e. The Hall–Kier alpha value is -1.10. The second kappa shape index (κ2) is 7.32. The molecule has 82 valence electrons. The first-order valence-electron chi connectivity index (χ1n) is 4.60. The second-order valence-corrected chi connectivity index (χ2v) is 2.86. The molecule has 0 aliphatic heterocycles. The summed E-state index contributed by atoms with van der Waals surface area (Å²) in [5.41, 5.74) is 0. The van der Waals surface area contributed by atoms with Gasteiger partial charge in [-0.3, -0.25) is 9.59 Å². The number of nitrogens with zero attached hydrogens (tertiary/aromatic N) is 1. The monoisotopic (exact) mass is 203 g/mol. The smallest absolute Gasteiger partial charge is 0.303 e.